The molecule has 1 aliphatic heterocycles. The van der Waals surface area contributed by atoms with Crippen molar-refractivity contribution >= 4 is 31.8 Å². The van der Waals surface area contributed by atoms with Crippen molar-refractivity contribution in [3.05, 3.63) is 0 Å². The van der Waals surface area contributed by atoms with Gasteiger partial charge in [0.2, 0.25) is 0 Å². The Hall–Kier alpha value is -0.360. The van der Waals surface area contributed by atoms with Gasteiger partial charge in [-0.15, -0.1) is 0 Å². The van der Waals surface area contributed by atoms with E-state index in [9.17, 15) is 8.42 Å². The first-order valence-corrected chi connectivity index (χ1v) is 5.37. The molecule has 0 amide bonds. The molecule has 1 N–H and O–H groups in total. The summed E-state index contributed by atoms with van der Waals surface area (Å²) in [7, 11) is -3.15. The minimum atomic E-state index is -3.15. The van der Waals surface area contributed by atoms with Crippen LogP contribution < -0.4 is 0 Å². The molecule has 0 spiro atoms. The van der Waals surface area contributed by atoms with Crippen LogP contribution in [-0.2, 0) is 9.84 Å². The monoisotopic (exact) mass is 178 g/mol. The molecule has 0 aliphatic carbocycles. The second kappa shape index (κ2) is 2.35. The molecule has 10 heavy (non-hydrogen) atoms. The first kappa shape index (κ1) is 7.74. The minimum absolute atomic E-state index is 0.0837. The van der Waals surface area contributed by atoms with E-state index < -0.39 is 9.84 Å². The number of sulfone groups is 1. The summed E-state index contributed by atoms with van der Waals surface area (Å²) < 4.78 is 21.5. The molecule has 0 saturated heterocycles. The maximum atomic E-state index is 10.7. The molecule has 0 unspecified atom stereocenters. The van der Waals surface area contributed by atoms with Crippen LogP contribution in [0.4, 0.5) is 0 Å². The lowest BCUT2D eigenvalue weighted by Gasteiger charge is -1.89. The zero-order valence-corrected chi connectivity index (χ0v) is 6.92. The summed E-state index contributed by atoms with van der Waals surface area (Å²) >= 11 is 1.13. The lowest BCUT2D eigenvalue weighted by molar-refractivity contribution is 0.612. The highest BCUT2D eigenvalue weighted by molar-refractivity contribution is 8.18. The lowest BCUT2D eigenvalue weighted by atomic mass is 10.9. The van der Waals surface area contributed by atoms with Crippen LogP contribution >= 0.6 is 11.8 Å². The molecule has 0 aromatic rings. The topological polar surface area (TPSA) is 70.3 Å². The van der Waals surface area contributed by atoms with E-state index in [1.54, 1.807) is 0 Å². The molecule has 0 radical (unpaired) electrons. The Morgan fingerprint density at radius 3 is 2.50 bits per heavy atom. The highest BCUT2D eigenvalue weighted by Gasteiger charge is 2.20. The van der Waals surface area contributed by atoms with Crippen molar-refractivity contribution in [2.75, 3.05) is 12.0 Å². The van der Waals surface area contributed by atoms with Crippen molar-refractivity contribution in [1.29, 1.82) is 5.41 Å². The van der Waals surface area contributed by atoms with Crippen LogP contribution in [0, 0.1) is 5.41 Å². The van der Waals surface area contributed by atoms with Gasteiger partial charge in [0.1, 0.15) is 5.04 Å². The zero-order chi connectivity index (χ0) is 7.78. The molecule has 1 heterocycles. The fourth-order valence-corrected chi connectivity index (χ4v) is 2.35. The van der Waals surface area contributed by atoms with E-state index in [0.29, 0.717) is 5.75 Å². The number of hydrogen-bond donors (Lipinski definition) is 1. The molecular formula is C4H6N2O2S2. The molecule has 0 aromatic carbocycles. The first-order chi connectivity index (χ1) is 4.50. The van der Waals surface area contributed by atoms with Gasteiger partial charge in [0.05, 0.1) is 5.75 Å². The van der Waals surface area contributed by atoms with Crippen LogP contribution in [0.1, 0.15) is 0 Å². The molecule has 0 aromatic heterocycles. The maximum absolute atomic E-state index is 10.7. The summed E-state index contributed by atoms with van der Waals surface area (Å²) in [4.78, 5) is 3.53. The quantitative estimate of drug-likeness (QED) is 0.572. The summed E-state index contributed by atoms with van der Waals surface area (Å²) in [5.41, 5.74) is 0. The second-order valence-electron chi connectivity index (χ2n) is 1.87. The third-order valence-electron chi connectivity index (χ3n) is 0.987. The van der Waals surface area contributed by atoms with Crippen LogP contribution in [0.3, 0.4) is 0 Å². The lowest BCUT2D eigenvalue weighted by Crippen LogP contribution is -2.12. The Morgan fingerprint density at radius 2 is 2.30 bits per heavy atom. The molecule has 0 saturated carbocycles. The van der Waals surface area contributed by atoms with Gasteiger partial charge >= 0.3 is 0 Å². The van der Waals surface area contributed by atoms with E-state index in [2.05, 4.69) is 4.99 Å². The van der Waals surface area contributed by atoms with E-state index in [4.69, 9.17) is 5.41 Å². The number of nitrogens with one attached hydrogen (secondary N) is 1. The molecule has 56 valence electrons. The average Bonchev–Trinajstić information content (AvgIpc) is 2.11. The van der Waals surface area contributed by atoms with Gasteiger partial charge in [0.25, 0.3) is 0 Å². The Labute approximate surface area is 63.2 Å². The highest BCUT2D eigenvalue weighted by atomic mass is 32.2. The van der Waals surface area contributed by atoms with Gasteiger partial charge in [-0.05, 0) is 0 Å². The van der Waals surface area contributed by atoms with Gasteiger partial charge in [0.15, 0.2) is 15.0 Å². The SMILES string of the molecule is CS(=O)(=O)C1=NC(=N)SC1. The van der Waals surface area contributed by atoms with E-state index in [0.717, 1.165) is 18.0 Å². The summed E-state index contributed by atoms with van der Waals surface area (Å²) in [6, 6.07) is 0. The van der Waals surface area contributed by atoms with Gasteiger partial charge in [-0.2, -0.15) is 0 Å². The van der Waals surface area contributed by atoms with Crippen LogP contribution in [0.5, 0.6) is 0 Å². The molecule has 6 heteroatoms. The van der Waals surface area contributed by atoms with Gasteiger partial charge < -0.3 is 0 Å². The highest BCUT2D eigenvalue weighted by Crippen LogP contribution is 2.14. The fourth-order valence-electron chi connectivity index (χ4n) is 0.498. The average molecular weight is 178 g/mol. The smallest absolute Gasteiger partial charge is 0.189 e. The zero-order valence-electron chi connectivity index (χ0n) is 5.29. The molecular weight excluding hydrogens is 172 g/mol. The van der Waals surface area contributed by atoms with E-state index in [1.165, 1.54) is 0 Å². The Kier molecular flexibility index (Phi) is 1.82. The summed E-state index contributed by atoms with van der Waals surface area (Å²) in [6.07, 6.45) is 1.10. The van der Waals surface area contributed by atoms with Gasteiger partial charge in [0, 0.05) is 6.26 Å². The summed E-state index contributed by atoms with van der Waals surface area (Å²) in [5.74, 6) is 0.317. The van der Waals surface area contributed by atoms with Crippen molar-refractivity contribution in [3.8, 4) is 0 Å². The van der Waals surface area contributed by atoms with E-state index in [-0.39, 0.29) is 10.2 Å². The Balaban J connectivity index is 2.98. The van der Waals surface area contributed by atoms with Gasteiger partial charge in [-0.25, -0.2) is 13.4 Å². The van der Waals surface area contributed by atoms with Crippen molar-refractivity contribution in [3.63, 3.8) is 0 Å². The van der Waals surface area contributed by atoms with Crippen molar-refractivity contribution < 1.29 is 8.42 Å². The number of thioether (sulfide) groups is 1. The largest absolute Gasteiger partial charge is 0.277 e. The molecule has 1 rings (SSSR count). The minimum Gasteiger partial charge on any atom is -0.277 e. The third-order valence-corrected chi connectivity index (χ3v) is 3.04. The normalized spacial score (nSPS) is 19.3. The molecule has 1 aliphatic rings. The number of hydrogen-bond acceptors (Lipinski definition) is 4. The number of aliphatic imine (C=N–C) groups is 1. The molecule has 0 atom stereocenters. The Morgan fingerprint density at radius 1 is 1.70 bits per heavy atom. The van der Waals surface area contributed by atoms with Gasteiger partial charge in [-0.1, -0.05) is 11.8 Å². The predicted molar refractivity (Wildman–Crippen MR) is 42.5 cm³/mol. The molecule has 0 bridgehead atoms. The van der Waals surface area contributed by atoms with Crippen LogP contribution in [0.2, 0.25) is 0 Å². The second-order valence-corrected chi connectivity index (χ2v) is 4.85. The van der Waals surface area contributed by atoms with Crippen molar-refractivity contribution in [2.45, 2.75) is 0 Å². The van der Waals surface area contributed by atoms with E-state index in [1.807, 2.05) is 0 Å². The third kappa shape index (κ3) is 1.57. The van der Waals surface area contributed by atoms with E-state index >= 15 is 0 Å². The maximum Gasteiger partial charge on any atom is 0.189 e. The van der Waals surface area contributed by atoms with Gasteiger partial charge in [-0.3, -0.25) is 5.41 Å². The van der Waals surface area contributed by atoms with Crippen molar-refractivity contribution in [1.82, 2.24) is 0 Å². The van der Waals surface area contributed by atoms with Crippen LogP contribution in [0.25, 0.3) is 0 Å². The number of nitrogens with zero attached hydrogens (tertiary/aromatic N) is 1. The van der Waals surface area contributed by atoms with Crippen LogP contribution in [-0.4, -0.2) is 30.6 Å². The van der Waals surface area contributed by atoms with Crippen LogP contribution in [0.15, 0.2) is 4.99 Å². The molecule has 4 nitrogen and oxygen atoms in total. The summed E-state index contributed by atoms with van der Waals surface area (Å²) in [6.45, 7) is 0. The molecule has 0 fully saturated rings. The Bertz CT molecular complexity index is 290. The summed E-state index contributed by atoms with van der Waals surface area (Å²) in [5, 5.41) is 7.17. The number of rotatable bonds is 0. The first-order valence-electron chi connectivity index (χ1n) is 2.49. The fraction of sp³-hybridized carbons (Fsp3) is 0.500. The predicted octanol–water partition coefficient (Wildman–Crippen LogP) is 0.111. The number of amidine groups is 1. The van der Waals surface area contributed by atoms with Crippen molar-refractivity contribution in [2.24, 2.45) is 4.99 Å². The standard InChI is InChI=1S/C4H6N2O2S2/c1-10(7,8)3-2-9-4(5)6-3/h5H,2H2,1H3.